The monoisotopic (exact) mass is 181 g/mol. The van der Waals surface area contributed by atoms with Crippen molar-refractivity contribution in [2.45, 2.75) is 12.5 Å². The maximum Gasteiger partial charge on any atom is 0.175 e. The van der Waals surface area contributed by atoms with Gasteiger partial charge in [0.1, 0.15) is 5.84 Å². The summed E-state index contributed by atoms with van der Waals surface area (Å²) in [6, 6.07) is 0. The van der Waals surface area contributed by atoms with Gasteiger partial charge in [-0.15, -0.1) is 0 Å². The minimum Gasteiger partial charge on any atom is -0.335 e. The van der Waals surface area contributed by atoms with Crippen LogP contribution in [0.2, 0.25) is 0 Å². The topological polar surface area (TPSA) is 50.4 Å². The number of alkyl halides is 1. The third-order valence-corrected chi connectivity index (χ3v) is 0.826. The zero-order chi connectivity index (χ0) is 8.15. The van der Waals surface area contributed by atoms with Gasteiger partial charge in [-0.05, 0) is 6.92 Å². The van der Waals surface area contributed by atoms with Gasteiger partial charge in [-0.3, -0.25) is 5.73 Å². The third-order valence-electron chi connectivity index (χ3n) is 0.634. The number of nitrogens with two attached hydrogens (primary N) is 1. The first-order valence-corrected chi connectivity index (χ1v) is 3.39. The second-order valence-corrected chi connectivity index (χ2v) is 2.52. The van der Waals surface area contributed by atoms with Crippen LogP contribution in [-0.4, -0.2) is 11.5 Å². The van der Waals surface area contributed by atoms with E-state index in [0.717, 1.165) is 0 Å². The first kappa shape index (κ1) is 9.75. The summed E-state index contributed by atoms with van der Waals surface area (Å²) in [5.74, 6) is 0.544. The molecule has 0 radical (unpaired) electrons. The summed E-state index contributed by atoms with van der Waals surface area (Å²) >= 11 is 10.7. The van der Waals surface area contributed by atoms with Crippen LogP contribution in [-0.2, 0) is 0 Å². The average Bonchev–Trinajstić information content (AvgIpc) is 1.58. The van der Waals surface area contributed by atoms with E-state index in [-0.39, 0.29) is 0 Å². The first-order chi connectivity index (χ1) is 4.52. The summed E-state index contributed by atoms with van der Waals surface area (Å²) in [7, 11) is 0. The van der Waals surface area contributed by atoms with Crippen LogP contribution in [0.3, 0.4) is 0 Å². The molecule has 0 spiro atoms. The molecule has 58 valence electrons. The van der Waals surface area contributed by atoms with Crippen LogP contribution in [0.1, 0.15) is 6.92 Å². The Kier molecular flexibility index (Phi) is 4.43. The molecule has 0 aromatic rings. The molecule has 0 aliphatic rings. The van der Waals surface area contributed by atoms with Crippen LogP contribution < -0.4 is 11.1 Å². The third kappa shape index (κ3) is 5.88. The predicted molar refractivity (Wildman–Crippen MR) is 45.1 cm³/mol. The van der Waals surface area contributed by atoms with E-state index in [1.165, 1.54) is 0 Å². The molecule has 0 bridgehead atoms. The molecule has 0 aromatic carbocycles. The number of hydrogen-bond acceptors (Lipinski definition) is 2. The Morgan fingerprint density at radius 2 is 2.30 bits per heavy atom. The van der Waals surface area contributed by atoms with Gasteiger partial charge in [-0.2, -0.15) is 0 Å². The number of hydrogen-bond donors (Lipinski definition) is 2. The van der Waals surface area contributed by atoms with Gasteiger partial charge in [0.05, 0.1) is 5.16 Å². The van der Waals surface area contributed by atoms with Crippen LogP contribution in [0.5, 0.6) is 0 Å². The summed E-state index contributed by atoms with van der Waals surface area (Å²) in [6.07, 6.45) is 0. The van der Waals surface area contributed by atoms with E-state index in [2.05, 4.69) is 16.9 Å². The zero-order valence-electron chi connectivity index (χ0n) is 5.56. The molecular weight excluding hydrogens is 173 g/mol. The van der Waals surface area contributed by atoms with Gasteiger partial charge < -0.3 is 5.32 Å². The highest BCUT2D eigenvalue weighted by Crippen LogP contribution is 1.92. The number of nitrogens with zero attached hydrogens (tertiary/aromatic N) is 1. The molecule has 0 saturated heterocycles. The van der Waals surface area contributed by atoms with Gasteiger partial charge in [-0.25, -0.2) is 4.99 Å². The molecule has 0 amide bonds. The number of rotatable bonds is 2. The zero-order valence-corrected chi connectivity index (χ0v) is 7.08. The van der Waals surface area contributed by atoms with E-state index in [1.807, 2.05) is 0 Å². The lowest BCUT2D eigenvalue weighted by molar-refractivity contribution is 0.954. The minimum atomic E-state index is -0.733. The molecule has 1 atom stereocenters. The Labute approximate surface area is 69.9 Å². The molecule has 3 nitrogen and oxygen atoms in total. The van der Waals surface area contributed by atoms with Gasteiger partial charge in [-0.1, -0.05) is 29.8 Å². The van der Waals surface area contributed by atoms with Gasteiger partial charge >= 0.3 is 0 Å². The van der Waals surface area contributed by atoms with Crippen LogP contribution in [0.15, 0.2) is 16.7 Å². The van der Waals surface area contributed by atoms with E-state index < -0.39 is 5.62 Å². The van der Waals surface area contributed by atoms with Crippen molar-refractivity contribution >= 4 is 29.0 Å². The Morgan fingerprint density at radius 3 is 2.60 bits per heavy atom. The lowest BCUT2D eigenvalue weighted by Crippen LogP contribution is -2.20. The lowest BCUT2D eigenvalue weighted by Gasteiger charge is -2.02. The van der Waals surface area contributed by atoms with Crippen molar-refractivity contribution < 1.29 is 0 Å². The van der Waals surface area contributed by atoms with Crippen LogP contribution >= 0.6 is 23.2 Å². The summed E-state index contributed by atoms with van der Waals surface area (Å²) in [6.45, 7) is 5.08. The molecule has 0 fully saturated rings. The van der Waals surface area contributed by atoms with E-state index in [1.54, 1.807) is 6.92 Å². The normalized spacial score (nSPS) is 14.6. The van der Waals surface area contributed by atoms with Crippen molar-refractivity contribution in [3.8, 4) is 0 Å². The molecule has 5 heteroatoms. The highest BCUT2D eigenvalue weighted by atomic mass is 35.5. The van der Waals surface area contributed by atoms with Crippen molar-refractivity contribution in [1.29, 1.82) is 0 Å². The number of amidine groups is 1. The van der Waals surface area contributed by atoms with Crippen molar-refractivity contribution in [1.82, 2.24) is 5.32 Å². The molecule has 0 aliphatic heterocycles. The van der Waals surface area contributed by atoms with Crippen LogP contribution in [0.4, 0.5) is 0 Å². The first-order valence-electron chi connectivity index (χ1n) is 2.58. The summed E-state index contributed by atoms with van der Waals surface area (Å²) in [5, 5.41) is 2.92. The Morgan fingerprint density at radius 1 is 1.80 bits per heavy atom. The summed E-state index contributed by atoms with van der Waals surface area (Å²) in [5.41, 5.74) is 4.40. The fourth-order valence-corrected chi connectivity index (χ4v) is 0.697. The largest absolute Gasteiger partial charge is 0.335 e. The second-order valence-electron chi connectivity index (χ2n) is 1.62. The quantitative estimate of drug-likeness (QED) is 0.291. The van der Waals surface area contributed by atoms with Crippen LogP contribution in [0, 0.1) is 0 Å². The van der Waals surface area contributed by atoms with Crippen molar-refractivity contribution in [3.05, 3.63) is 11.7 Å². The fraction of sp³-hybridized carbons (Fsp3) is 0.400. The molecule has 3 N–H and O–H groups in total. The molecule has 1 unspecified atom stereocenters. The van der Waals surface area contributed by atoms with E-state index >= 15 is 0 Å². The second kappa shape index (κ2) is 4.55. The maximum atomic E-state index is 5.39. The fourth-order valence-electron chi connectivity index (χ4n) is 0.414. The van der Waals surface area contributed by atoms with Gasteiger partial charge in [0.15, 0.2) is 5.62 Å². The molecule has 0 aromatic heterocycles. The molecular formula is C5H9Cl2N3. The molecule has 10 heavy (non-hydrogen) atoms. The predicted octanol–water partition coefficient (Wildman–Crippen LogP) is 1.19. The summed E-state index contributed by atoms with van der Waals surface area (Å²) < 4.78 is 0. The lowest BCUT2D eigenvalue weighted by atomic mass is 10.6. The minimum absolute atomic E-state index is 0.290. The van der Waals surface area contributed by atoms with Crippen molar-refractivity contribution in [2.24, 2.45) is 10.7 Å². The highest BCUT2D eigenvalue weighted by Gasteiger charge is 1.93. The van der Waals surface area contributed by atoms with Gasteiger partial charge in [0.2, 0.25) is 0 Å². The molecule has 0 saturated carbocycles. The smallest absolute Gasteiger partial charge is 0.175 e. The van der Waals surface area contributed by atoms with Crippen molar-refractivity contribution in [2.75, 3.05) is 0 Å². The Balaban J connectivity index is 3.82. The summed E-state index contributed by atoms with van der Waals surface area (Å²) in [4.78, 5) is 3.72. The Bertz CT molecular complexity index is 153. The van der Waals surface area contributed by atoms with Crippen LogP contribution in [0.25, 0.3) is 0 Å². The SMILES string of the molecule is C=C(Cl)NC(C)=NC(N)Cl. The van der Waals surface area contributed by atoms with Gasteiger partial charge in [0, 0.05) is 0 Å². The molecule has 0 heterocycles. The van der Waals surface area contributed by atoms with Crippen molar-refractivity contribution in [3.63, 3.8) is 0 Å². The Hall–Kier alpha value is -0.250. The maximum absolute atomic E-state index is 5.39. The standard InChI is InChI=1S/C5H9Cl2N3/c1-3(6)9-4(2)10-5(7)8/h5H,1,8H2,2H3,(H,9,10). The number of nitrogens with one attached hydrogen (secondary N) is 1. The molecule has 0 rings (SSSR count). The number of halogens is 2. The van der Waals surface area contributed by atoms with E-state index in [4.69, 9.17) is 28.9 Å². The van der Waals surface area contributed by atoms with E-state index in [9.17, 15) is 0 Å². The average molecular weight is 182 g/mol. The number of aliphatic imine (C=N–C) groups is 1. The highest BCUT2D eigenvalue weighted by molar-refractivity contribution is 6.30. The van der Waals surface area contributed by atoms with E-state index in [0.29, 0.717) is 11.0 Å². The molecule has 0 aliphatic carbocycles. The van der Waals surface area contributed by atoms with Gasteiger partial charge in [0.25, 0.3) is 0 Å².